The number of benzene rings is 1. The van der Waals surface area contributed by atoms with E-state index in [4.69, 9.17) is 18.9 Å². The molecule has 0 spiro atoms. The summed E-state index contributed by atoms with van der Waals surface area (Å²) in [5, 5.41) is 0. The lowest BCUT2D eigenvalue weighted by atomic mass is 9.72. The van der Waals surface area contributed by atoms with E-state index in [1.54, 1.807) is 13.0 Å². The lowest BCUT2D eigenvalue weighted by Crippen LogP contribution is -2.52. The number of amides is 2. The largest absolute Gasteiger partial charge is 0.427 e. The summed E-state index contributed by atoms with van der Waals surface area (Å²) >= 11 is 0. The van der Waals surface area contributed by atoms with Crippen molar-refractivity contribution in [2.45, 2.75) is 45.2 Å². The Balaban J connectivity index is 1.72. The van der Waals surface area contributed by atoms with Crippen molar-refractivity contribution in [2.75, 3.05) is 4.90 Å². The maximum atomic E-state index is 13.5. The molecule has 2 bridgehead atoms. The quantitative estimate of drug-likeness (QED) is 0.217. The van der Waals surface area contributed by atoms with E-state index < -0.39 is 59.1 Å². The van der Waals surface area contributed by atoms with Crippen LogP contribution in [0, 0.1) is 11.8 Å². The molecule has 0 saturated carbocycles. The first-order valence-electron chi connectivity index (χ1n) is 9.90. The van der Waals surface area contributed by atoms with Crippen LogP contribution in [0.15, 0.2) is 36.4 Å². The first-order valence-corrected chi connectivity index (χ1v) is 9.90. The zero-order valence-corrected chi connectivity index (χ0v) is 17.8. The zero-order chi connectivity index (χ0) is 23.4. The molecule has 1 aromatic rings. The SMILES string of the molecule is CC(=O)Oc1ccc(N2C(=O)C3C(C2=O)C2(C(OC(C)=O)OC(C)=O)C=CC3(C)O2)cc1. The fraction of sp³-hybridized carbons (Fsp3) is 0.409. The number of hydrogen-bond donors (Lipinski definition) is 0. The lowest BCUT2D eigenvalue weighted by Gasteiger charge is -2.34. The average Bonchev–Trinajstić information content (AvgIpc) is 3.27. The van der Waals surface area contributed by atoms with Gasteiger partial charge >= 0.3 is 17.9 Å². The van der Waals surface area contributed by atoms with Gasteiger partial charge in [0.2, 0.25) is 11.8 Å². The molecule has 1 aromatic carbocycles. The van der Waals surface area contributed by atoms with E-state index in [1.807, 2.05) is 0 Å². The summed E-state index contributed by atoms with van der Waals surface area (Å²) in [5.74, 6) is -4.81. The fourth-order valence-electron chi connectivity index (χ4n) is 4.65. The number of imide groups is 1. The van der Waals surface area contributed by atoms with E-state index in [-0.39, 0.29) is 11.4 Å². The van der Waals surface area contributed by atoms with Gasteiger partial charge in [0.05, 0.1) is 23.1 Å². The Hall–Kier alpha value is -3.53. The summed E-state index contributed by atoms with van der Waals surface area (Å²) in [4.78, 5) is 62.4. The Morgan fingerprint density at radius 1 is 0.906 bits per heavy atom. The maximum Gasteiger partial charge on any atom is 0.308 e. The molecule has 4 unspecified atom stereocenters. The van der Waals surface area contributed by atoms with Gasteiger partial charge in [-0.25, -0.2) is 4.90 Å². The Morgan fingerprint density at radius 2 is 1.47 bits per heavy atom. The molecular formula is C22H21NO9. The first-order chi connectivity index (χ1) is 15.0. The van der Waals surface area contributed by atoms with Gasteiger partial charge in [-0.15, -0.1) is 0 Å². The number of esters is 3. The standard InChI is InChI=1S/C22H21NO9/c1-11(24)29-15-7-5-14(6-8-15)23-18(27)16-17(19(23)28)22(10-9-21(16,4)32-22)20(30-12(2)25)31-13(3)26/h5-10,16-17,20H,1-4H3. The highest BCUT2D eigenvalue weighted by Crippen LogP contribution is 2.59. The lowest BCUT2D eigenvalue weighted by molar-refractivity contribution is -0.231. The van der Waals surface area contributed by atoms with Crippen molar-refractivity contribution in [3.05, 3.63) is 36.4 Å². The van der Waals surface area contributed by atoms with Crippen molar-refractivity contribution in [3.8, 4) is 5.75 Å². The molecule has 10 nitrogen and oxygen atoms in total. The second-order valence-electron chi connectivity index (χ2n) is 8.08. The fourth-order valence-corrected chi connectivity index (χ4v) is 4.65. The number of hydrogen-bond acceptors (Lipinski definition) is 9. The molecule has 32 heavy (non-hydrogen) atoms. The van der Waals surface area contributed by atoms with Crippen molar-refractivity contribution in [2.24, 2.45) is 11.8 Å². The number of nitrogens with zero attached hydrogens (tertiary/aromatic N) is 1. The van der Waals surface area contributed by atoms with Gasteiger partial charge in [0.25, 0.3) is 6.29 Å². The summed E-state index contributed by atoms with van der Waals surface area (Å²) < 4.78 is 21.5. The molecule has 3 aliphatic rings. The minimum atomic E-state index is -1.64. The zero-order valence-electron chi connectivity index (χ0n) is 17.8. The van der Waals surface area contributed by atoms with Crippen molar-refractivity contribution in [1.82, 2.24) is 0 Å². The Morgan fingerprint density at radius 3 is 2.00 bits per heavy atom. The highest BCUT2D eigenvalue weighted by atomic mass is 16.7. The third-order valence-electron chi connectivity index (χ3n) is 5.75. The predicted octanol–water partition coefficient (Wildman–Crippen LogP) is 1.27. The van der Waals surface area contributed by atoms with Crippen LogP contribution in [0.5, 0.6) is 5.75 Å². The summed E-state index contributed by atoms with van der Waals surface area (Å²) in [7, 11) is 0. The third kappa shape index (κ3) is 3.18. The number of anilines is 1. The van der Waals surface area contributed by atoms with Crippen LogP contribution in [0.2, 0.25) is 0 Å². The average molecular weight is 443 g/mol. The topological polar surface area (TPSA) is 126 Å². The minimum Gasteiger partial charge on any atom is -0.427 e. The van der Waals surface area contributed by atoms with Gasteiger partial charge in [-0.05, 0) is 37.3 Å². The summed E-state index contributed by atoms with van der Waals surface area (Å²) in [6.45, 7) is 5.17. The van der Waals surface area contributed by atoms with E-state index in [0.717, 1.165) is 18.7 Å². The molecule has 2 amide bonds. The molecule has 0 aliphatic carbocycles. The molecule has 4 atom stereocenters. The van der Waals surface area contributed by atoms with Crippen LogP contribution in [-0.4, -0.2) is 47.2 Å². The van der Waals surface area contributed by atoms with E-state index >= 15 is 0 Å². The number of fused-ring (bicyclic) bond motifs is 5. The molecule has 3 aliphatic heterocycles. The molecular weight excluding hydrogens is 422 g/mol. The smallest absolute Gasteiger partial charge is 0.308 e. The van der Waals surface area contributed by atoms with Gasteiger partial charge in [0, 0.05) is 20.8 Å². The van der Waals surface area contributed by atoms with E-state index in [0.29, 0.717) is 0 Å². The van der Waals surface area contributed by atoms with Crippen LogP contribution < -0.4 is 9.64 Å². The number of carbonyl (C=O) groups excluding carboxylic acids is 5. The van der Waals surface area contributed by atoms with Gasteiger partial charge in [-0.3, -0.25) is 24.0 Å². The predicted molar refractivity (Wildman–Crippen MR) is 106 cm³/mol. The Labute approximate surface area is 183 Å². The van der Waals surface area contributed by atoms with Gasteiger partial charge in [0.15, 0.2) is 5.60 Å². The van der Waals surface area contributed by atoms with E-state index in [2.05, 4.69) is 0 Å². The highest BCUT2D eigenvalue weighted by Gasteiger charge is 2.75. The monoisotopic (exact) mass is 443 g/mol. The number of rotatable bonds is 5. The van der Waals surface area contributed by atoms with Crippen molar-refractivity contribution < 1.29 is 42.9 Å². The molecule has 4 rings (SSSR count). The van der Waals surface area contributed by atoms with Crippen LogP contribution in [-0.2, 0) is 38.2 Å². The molecule has 10 heteroatoms. The summed E-state index contributed by atoms with van der Waals surface area (Å²) in [6, 6.07) is 5.89. The van der Waals surface area contributed by atoms with Gasteiger partial charge in [-0.1, -0.05) is 6.08 Å². The van der Waals surface area contributed by atoms with Crippen LogP contribution in [0.4, 0.5) is 5.69 Å². The van der Waals surface area contributed by atoms with E-state index in [1.165, 1.54) is 37.3 Å². The van der Waals surface area contributed by atoms with Crippen molar-refractivity contribution >= 4 is 35.4 Å². The van der Waals surface area contributed by atoms with Crippen LogP contribution in [0.25, 0.3) is 0 Å². The Bertz CT molecular complexity index is 1050. The molecule has 0 radical (unpaired) electrons. The second kappa shape index (κ2) is 7.27. The first kappa shape index (κ1) is 21.7. The molecule has 168 valence electrons. The van der Waals surface area contributed by atoms with E-state index in [9.17, 15) is 24.0 Å². The molecule has 0 aromatic heterocycles. The summed E-state index contributed by atoms with van der Waals surface area (Å²) in [5.41, 5.74) is -2.53. The van der Waals surface area contributed by atoms with Crippen LogP contribution >= 0.6 is 0 Å². The van der Waals surface area contributed by atoms with Crippen LogP contribution in [0.1, 0.15) is 27.7 Å². The van der Waals surface area contributed by atoms with Crippen molar-refractivity contribution in [3.63, 3.8) is 0 Å². The Kier molecular flexibility index (Phi) is 4.93. The van der Waals surface area contributed by atoms with Gasteiger partial charge in [-0.2, -0.15) is 0 Å². The second-order valence-corrected chi connectivity index (χ2v) is 8.08. The normalized spacial score (nSPS) is 30.0. The molecule has 0 N–H and O–H groups in total. The summed E-state index contributed by atoms with van der Waals surface area (Å²) in [6.07, 6.45) is 1.59. The van der Waals surface area contributed by atoms with Gasteiger partial charge < -0.3 is 18.9 Å². The molecule has 3 heterocycles. The van der Waals surface area contributed by atoms with Gasteiger partial charge in [0.1, 0.15) is 5.75 Å². The van der Waals surface area contributed by atoms with Crippen molar-refractivity contribution in [1.29, 1.82) is 0 Å². The maximum absolute atomic E-state index is 13.5. The van der Waals surface area contributed by atoms with Crippen LogP contribution in [0.3, 0.4) is 0 Å². The highest BCUT2D eigenvalue weighted by molar-refractivity contribution is 6.23. The third-order valence-corrected chi connectivity index (χ3v) is 5.75. The number of carbonyl (C=O) groups is 5. The molecule has 2 fully saturated rings. The number of ether oxygens (including phenoxy) is 4. The minimum absolute atomic E-state index is 0.263. The molecule has 2 saturated heterocycles.